The molecule has 0 radical (unpaired) electrons. The van der Waals surface area contributed by atoms with Crippen LogP contribution in [0.4, 0.5) is 0 Å². The van der Waals surface area contributed by atoms with E-state index in [0.29, 0.717) is 6.42 Å². The fourth-order valence-electron chi connectivity index (χ4n) is 3.28. The molecule has 4 heteroatoms. The van der Waals surface area contributed by atoms with E-state index in [-0.39, 0.29) is 19.0 Å². The number of Topliss-reactive ketones (excluding diaryl/α,β-unsaturated/α-hetero) is 1. The predicted octanol–water partition coefficient (Wildman–Crippen LogP) is 5.60. The zero-order chi connectivity index (χ0) is 19.5. The number of hydrogen-bond acceptors (Lipinski definition) is 4. The molecule has 1 atom stereocenters. The van der Waals surface area contributed by atoms with Crippen molar-refractivity contribution in [3.05, 3.63) is 0 Å². The van der Waals surface area contributed by atoms with Crippen LogP contribution in [0.2, 0.25) is 0 Å². The van der Waals surface area contributed by atoms with E-state index in [0.717, 1.165) is 12.8 Å². The fraction of sp³-hybridized carbons (Fsp3) is 0.909. The maximum absolute atomic E-state index is 11.8. The number of aliphatic hydroxyl groups excluding tert-OH is 1. The summed E-state index contributed by atoms with van der Waals surface area (Å²) in [6.45, 7) is 3.47. The lowest BCUT2D eigenvalue weighted by molar-refractivity contribution is -0.152. The van der Waals surface area contributed by atoms with Gasteiger partial charge in [0.05, 0.1) is 6.61 Å². The van der Waals surface area contributed by atoms with Crippen LogP contribution in [0.15, 0.2) is 0 Å². The van der Waals surface area contributed by atoms with Crippen molar-refractivity contribution in [1.82, 2.24) is 0 Å². The van der Waals surface area contributed by atoms with Crippen molar-refractivity contribution in [2.75, 3.05) is 13.2 Å². The second-order valence-electron chi connectivity index (χ2n) is 7.44. The lowest BCUT2D eigenvalue weighted by atomic mass is 9.97. The number of hydrogen-bond donors (Lipinski definition) is 1. The van der Waals surface area contributed by atoms with Gasteiger partial charge < -0.3 is 9.84 Å². The number of carbonyl (C=O) groups is 2. The van der Waals surface area contributed by atoms with Crippen molar-refractivity contribution in [2.24, 2.45) is 5.92 Å². The molecule has 0 rings (SSSR count). The van der Waals surface area contributed by atoms with Gasteiger partial charge in [-0.2, -0.15) is 0 Å². The molecular weight excluding hydrogens is 328 g/mol. The normalized spacial score (nSPS) is 12.1. The molecule has 0 saturated heterocycles. The largest absolute Gasteiger partial charge is 0.463 e. The van der Waals surface area contributed by atoms with E-state index in [4.69, 9.17) is 9.84 Å². The third kappa shape index (κ3) is 15.4. The molecule has 0 aromatic carbocycles. The Morgan fingerprint density at radius 3 is 1.58 bits per heavy atom. The average Bonchev–Trinajstić information content (AvgIpc) is 2.62. The number of carbonyl (C=O) groups excluding carboxylic acids is 2. The minimum atomic E-state index is -0.654. The summed E-state index contributed by atoms with van der Waals surface area (Å²) in [4.78, 5) is 23.3. The summed E-state index contributed by atoms with van der Waals surface area (Å²) in [6, 6.07) is 0. The van der Waals surface area contributed by atoms with Gasteiger partial charge in [0.2, 0.25) is 0 Å². The molecule has 0 aliphatic carbocycles. The molecule has 0 saturated carbocycles. The van der Waals surface area contributed by atoms with Crippen molar-refractivity contribution < 1.29 is 19.4 Å². The van der Waals surface area contributed by atoms with Crippen molar-refractivity contribution >= 4 is 11.8 Å². The minimum Gasteiger partial charge on any atom is -0.463 e. The average molecular weight is 371 g/mol. The quantitative estimate of drug-likeness (QED) is 0.183. The fourth-order valence-corrected chi connectivity index (χ4v) is 3.28. The summed E-state index contributed by atoms with van der Waals surface area (Å²) >= 11 is 0. The molecule has 0 amide bonds. The SMILES string of the molecule is CCCCCCCCCCCCCCCCC(C(C)=O)C(=O)OCCO. The van der Waals surface area contributed by atoms with E-state index >= 15 is 0 Å². The van der Waals surface area contributed by atoms with E-state index < -0.39 is 11.9 Å². The minimum absolute atomic E-state index is 0.0264. The van der Waals surface area contributed by atoms with Crippen LogP contribution < -0.4 is 0 Å². The number of rotatable bonds is 19. The van der Waals surface area contributed by atoms with Crippen molar-refractivity contribution in [1.29, 1.82) is 0 Å². The van der Waals surface area contributed by atoms with Gasteiger partial charge >= 0.3 is 5.97 Å². The van der Waals surface area contributed by atoms with Gasteiger partial charge in [0.15, 0.2) is 0 Å². The van der Waals surface area contributed by atoms with Crippen molar-refractivity contribution in [3.63, 3.8) is 0 Å². The zero-order valence-electron chi connectivity index (χ0n) is 17.3. The number of unbranched alkanes of at least 4 members (excludes halogenated alkanes) is 13. The molecule has 0 aromatic heterocycles. The summed E-state index contributed by atoms with van der Waals surface area (Å²) in [7, 11) is 0. The van der Waals surface area contributed by atoms with Gasteiger partial charge in [-0.05, 0) is 13.3 Å². The number of ether oxygens (including phenoxy) is 1. The topological polar surface area (TPSA) is 63.6 Å². The third-order valence-electron chi connectivity index (χ3n) is 4.96. The Labute approximate surface area is 161 Å². The predicted molar refractivity (Wildman–Crippen MR) is 107 cm³/mol. The molecule has 0 bridgehead atoms. The Balaban J connectivity index is 3.45. The van der Waals surface area contributed by atoms with E-state index in [1.54, 1.807) is 0 Å². The van der Waals surface area contributed by atoms with Gasteiger partial charge in [-0.1, -0.05) is 96.8 Å². The summed E-state index contributed by atoms with van der Waals surface area (Å²) < 4.78 is 4.87. The molecule has 0 heterocycles. The Hall–Kier alpha value is -0.900. The molecule has 1 N–H and O–H groups in total. The van der Waals surface area contributed by atoms with Gasteiger partial charge in [-0.3, -0.25) is 9.59 Å². The summed E-state index contributed by atoms with van der Waals surface area (Å²) in [6.07, 6.45) is 18.6. The molecule has 0 aromatic rings. The van der Waals surface area contributed by atoms with E-state index in [1.165, 1.54) is 84.0 Å². The molecule has 0 spiro atoms. The molecule has 26 heavy (non-hydrogen) atoms. The molecule has 1 unspecified atom stereocenters. The molecular formula is C22H42O4. The maximum Gasteiger partial charge on any atom is 0.316 e. The highest BCUT2D eigenvalue weighted by molar-refractivity contribution is 5.97. The van der Waals surface area contributed by atoms with Crippen LogP contribution in [0.25, 0.3) is 0 Å². The van der Waals surface area contributed by atoms with Gasteiger partial charge in [-0.25, -0.2) is 0 Å². The standard InChI is InChI=1S/C22H42O4/c1-3-4-5-6-7-8-9-10-11-12-13-14-15-16-17-21(20(2)24)22(25)26-19-18-23/h21,23H,3-19H2,1-2H3. The number of aliphatic hydroxyl groups is 1. The van der Waals surface area contributed by atoms with E-state index in [9.17, 15) is 9.59 Å². The monoisotopic (exact) mass is 370 g/mol. The first-order valence-electron chi connectivity index (χ1n) is 10.9. The zero-order valence-corrected chi connectivity index (χ0v) is 17.3. The van der Waals surface area contributed by atoms with Gasteiger partial charge in [0.1, 0.15) is 18.3 Å². The second kappa shape index (κ2) is 18.9. The number of esters is 1. The Kier molecular flexibility index (Phi) is 18.2. The molecule has 0 aliphatic rings. The second-order valence-corrected chi connectivity index (χ2v) is 7.44. The van der Waals surface area contributed by atoms with Gasteiger partial charge in [0, 0.05) is 0 Å². The van der Waals surface area contributed by atoms with E-state index in [2.05, 4.69) is 6.92 Å². The van der Waals surface area contributed by atoms with Crippen molar-refractivity contribution in [3.8, 4) is 0 Å². The Bertz CT molecular complexity index is 341. The molecule has 0 fully saturated rings. The highest BCUT2D eigenvalue weighted by Gasteiger charge is 2.24. The van der Waals surface area contributed by atoms with Crippen LogP contribution in [-0.2, 0) is 14.3 Å². The van der Waals surface area contributed by atoms with Crippen LogP contribution in [0, 0.1) is 5.92 Å². The van der Waals surface area contributed by atoms with E-state index in [1.807, 2.05) is 0 Å². The van der Waals surface area contributed by atoms with Gasteiger partial charge in [0.25, 0.3) is 0 Å². The highest BCUT2D eigenvalue weighted by Crippen LogP contribution is 2.16. The lowest BCUT2D eigenvalue weighted by Crippen LogP contribution is -2.25. The van der Waals surface area contributed by atoms with Crippen LogP contribution in [0.3, 0.4) is 0 Å². The van der Waals surface area contributed by atoms with Crippen molar-refractivity contribution in [2.45, 2.75) is 110 Å². The lowest BCUT2D eigenvalue weighted by Gasteiger charge is -2.12. The van der Waals surface area contributed by atoms with Crippen LogP contribution in [-0.4, -0.2) is 30.1 Å². The Morgan fingerprint density at radius 2 is 1.19 bits per heavy atom. The first kappa shape index (κ1) is 25.1. The molecule has 0 aliphatic heterocycles. The Morgan fingerprint density at radius 1 is 0.769 bits per heavy atom. The highest BCUT2D eigenvalue weighted by atomic mass is 16.5. The first-order chi connectivity index (χ1) is 12.6. The maximum atomic E-state index is 11.8. The summed E-state index contributed by atoms with van der Waals surface area (Å²) in [5.41, 5.74) is 0. The third-order valence-corrected chi connectivity index (χ3v) is 4.96. The number of ketones is 1. The van der Waals surface area contributed by atoms with Crippen LogP contribution in [0.5, 0.6) is 0 Å². The summed E-state index contributed by atoms with van der Waals surface area (Å²) in [5.74, 6) is -1.28. The summed E-state index contributed by atoms with van der Waals surface area (Å²) in [5, 5.41) is 8.68. The van der Waals surface area contributed by atoms with Gasteiger partial charge in [-0.15, -0.1) is 0 Å². The van der Waals surface area contributed by atoms with Crippen LogP contribution in [0.1, 0.15) is 110 Å². The molecule has 154 valence electrons. The smallest absolute Gasteiger partial charge is 0.316 e. The van der Waals surface area contributed by atoms with Crippen LogP contribution >= 0.6 is 0 Å². The first-order valence-corrected chi connectivity index (χ1v) is 10.9. The molecule has 4 nitrogen and oxygen atoms in total.